The molecule has 0 saturated carbocycles. The minimum absolute atomic E-state index is 0. The van der Waals surface area contributed by atoms with Crippen LogP contribution in [0.1, 0.15) is 212 Å². The molecule has 0 spiro atoms. The first-order valence-electron chi connectivity index (χ1n) is 17.0. The van der Waals surface area contributed by atoms with Gasteiger partial charge in [-0.15, -0.1) is 0 Å². The van der Waals surface area contributed by atoms with Crippen molar-refractivity contribution in [3.63, 3.8) is 0 Å². The zero-order chi connectivity index (χ0) is 25.3. The van der Waals surface area contributed by atoms with Gasteiger partial charge in [-0.3, -0.25) is 0 Å². The van der Waals surface area contributed by atoms with Crippen molar-refractivity contribution in [2.24, 2.45) is 0 Å². The molecule has 0 saturated heterocycles. The Labute approximate surface area is 272 Å². The SMILES string of the molecule is CCCCCCCCCCCCCCCCCCCCCCCCCCCCCCCCCCO.[K]. The first kappa shape index (κ1) is 39.7. The summed E-state index contributed by atoms with van der Waals surface area (Å²) in [4.78, 5) is 0. The Balaban J connectivity index is 0. The standard InChI is InChI=1S/C34H70O.K/c1-2-3-4-5-6-7-8-9-10-11-12-13-14-15-16-17-18-19-20-21-22-23-24-25-26-27-28-29-30-31-32-33-34-35;/h35H,2-34H2,1H3;. The van der Waals surface area contributed by atoms with Gasteiger partial charge in [0.05, 0.1) is 0 Å². The molecule has 0 fully saturated rings. The number of aliphatic hydroxyl groups is 1. The van der Waals surface area contributed by atoms with Crippen LogP contribution in [-0.4, -0.2) is 63.1 Å². The molecule has 0 aromatic heterocycles. The Morgan fingerprint density at radius 2 is 0.389 bits per heavy atom. The van der Waals surface area contributed by atoms with Gasteiger partial charge in [0.1, 0.15) is 0 Å². The van der Waals surface area contributed by atoms with Crippen molar-refractivity contribution in [3.05, 3.63) is 0 Å². The molecule has 213 valence electrons. The molecule has 0 amide bonds. The number of aliphatic hydroxyl groups excluding tert-OH is 1. The normalized spacial score (nSPS) is 11.2. The van der Waals surface area contributed by atoms with Crippen LogP contribution < -0.4 is 0 Å². The molecule has 0 aromatic carbocycles. The Kier molecular flexibility index (Phi) is 42.8. The van der Waals surface area contributed by atoms with Gasteiger partial charge in [-0.25, -0.2) is 0 Å². The molecule has 1 radical (unpaired) electrons. The summed E-state index contributed by atoms with van der Waals surface area (Å²) in [5.41, 5.74) is 0. The van der Waals surface area contributed by atoms with E-state index in [1.807, 2.05) is 0 Å². The van der Waals surface area contributed by atoms with Crippen molar-refractivity contribution >= 4 is 51.4 Å². The van der Waals surface area contributed by atoms with Gasteiger partial charge in [0.2, 0.25) is 0 Å². The summed E-state index contributed by atoms with van der Waals surface area (Å²) < 4.78 is 0. The van der Waals surface area contributed by atoms with Gasteiger partial charge in [0.25, 0.3) is 0 Å². The summed E-state index contributed by atoms with van der Waals surface area (Å²) in [6, 6.07) is 0. The first-order valence-corrected chi connectivity index (χ1v) is 17.0. The summed E-state index contributed by atoms with van der Waals surface area (Å²) in [7, 11) is 0. The Bertz CT molecular complexity index is 314. The van der Waals surface area contributed by atoms with E-state index >= 15 is 0 Å². The molecule has 1 N–H and O–H groups in total. The van der Waals surface area contributed by atoms with Gasteiger partial charge in [0, 0.05) is 58.0 Å². The van der Waals surface area contributed by atoms with Crippen LogP contribution in [0.15, 0.2) is 0 Å². The van der Waals surface area contributed by atoms with Crippen molar-refractivity contribution in [2.75, 3.05) is 6.61 Å². The molecule has 1 nitrogen and oxygen atoms in total. The van der Waals surface area contributed by atoms with Gasteiger partial charge in [0.15, 0.2) is 0 Å². The van der Waals surface area contributed by atoms with Gasteiger partial charge in [-0.2, -0.15) is 0 Å². The van der Waals surface area contributed by atoms with Gasteiger partial charge < -0.3 is 5.11 Å². The maximum Gasteiger partial charge on any atom is 0.0431 e. The molecule has 0 heterocycles. The van der Waals surface area contributed by atoms with Crippen LogP contribution in [-0.2, 0) is 0 Å². The van der Waals surface area contributed by atoms with Crippen molar-refractivity contribution in [1.82, 2.24) is 0 Å². The average molecular weight is 534 g/mol. The third kappa shape index (κ3) is 37.7. The van der Waals surface area contributed by atoms with Gasteiger partial charge >= 0.3 is 0 Å². The van der Waals surface area contributed by atoms with E-state index < -0.39 is 0 Å². The summed E-state index contributed by atoms with van der Waals surface area (Å²) >= 11 is 0. The number of rotatable bonds is 32. The van der Waals surface area contributed by atoms with Crippen LogP contribution in [0.2, 0.25) is 0 Å². The molecule has 0 aromatic rings. The van der Waals surface area contributed by atoms with E-state index in [0.717, 1.165) is 6.42 Å². The van der Waals surface area contributed by atoms with E-state index in [-0.39, 0.29) is 51.4 Å². The number of hydrogen-bond donors (Lipinski definition) is 1. The van der Waals surface area contributed by atoms with E-state index in [9.17, 15) is 0 Å². The number of hydrogen-bond acceptors (Lipinski definition) is 1. The van der Waals surface area contributed by atoms with Gasteiger partial charge in [-0.05, 0) is 6.42 Å². The van der Waals surface area contributed by atoms with Crippen molar-refractivity contribution in [2.45, 2.75) is 212 Å². The molecular weight excluding hydrogens is 463 g/mol. The molecule has 0 atom stereocenters. The summed E-state index contributed by atoms with van der Waals surface area (Å²) in [6.45, 7) is 2.68. The van der Waals surface area contributed by atoms with E-state index in [1.165, 1.54) is 199 Å². The zero-order valence-corrected chi connectivity index (χ0v) is 28.9. The first-order chi connectivity index (χ1) is 17.4. The number of unbranched alkanes of at least 4 members (excludes halogenated alkanes) is 31. The fourth-order valence-electron chi connectivity index (χ4n) is 5.49. The molecule has 0 aliphatic carbocycles. The van der Waals surface area contributed by atoms with Crippen molar-refractivity contribution < 1.29 is 5.11 Å². The Hall–Kier alpha value is 1.60. The largest absolute Gasteiger partial charge is 0.396 e. The Morgan fingerprint density at radius 3 is 0.528 bits per heavy atom. The second-order valence-electron chi connectivity index (χ2n) is 11.7. The summed E-state index contributed by atoms with van der Waals surface area (Å²) in [6.07, 6.45) is 46.0. The van der Waals surface area contributed by atoms with Crippen molar-refractivity contribution in [1.29, 1.82) is 0 Å². The van der Waals surface area contributed by atoms with Crippen LogP contribution in [0.3, 0.4) is 0 Å². The predicted molar refractivity (Wildman–Crippen MR) is 166 cm³/mol. The third-order valence-corrected chi connectivity index (χ3v) is 8.01. The molecule has 36 heavy (non-hydrogen) atoms. The molecule has 0 aliphatic heterocycles. The average Bonchev–Trinajstić information content (AvgIpc) is 2.87. The molecular formula is C34H70KO. The zero-order valence-electron chi connectivity index (χ0n) is 25.8. The fourth-order valence-corrected chi connectivity index (χ4v) is 5.49. The summed E-state index contributed by atoms with van der Waals surface area (Å²) in [5, 5.41) is 8.78. The van der Waals surface area contributed by atoms with Crippen LogP contribution in [0.5, 0.6) is 0 Å². The topological polar surface area (TPSA) is 20.2 Å². The molecule has 0 unspecified atom stereocenters. The fraction of sp³-hybridized carbons (Fsp3) is 1.00. The quantitative estimate of drug-likeness (QED) is 0.0673. The van der Waals surface area contributed by atoms with Crippen LogP contribution in [0.4, 0.5) is 0 Å². The van der Waals surface area contributed by atoms with Gasteiger partial charge in [-0.1, -0.05) is 206 Å². The van der Waals surface area contributed by atoms with Crippen LogP contribution >= 0.6 is 0 Å². The minimum atomic E-state index is 0. The maximum absolute atomic E-state index is 8.78. The second kappa shape index (κ2) is 38.7. The van der Waals surface area contributed by atoms with E-state index in [0.29, 0.717) is 6.61 Å². The molecule has 2 heteroatoms. The Morgan fingerprint density at radius 1 is 0.250 bits per heavy atom. The molecule has 0 aliphatic rings. The molecule has 0 rings (SSSR count). The van der Waals surface area contributed by atoms with E-state index in [4.69, 9.17) is 5.11 Å². The van der Waals surface area contributed by atoms with Crippen molar-refractivity contribution in [3.8, 4) is 0 Å². The smallest absolute Gasteiger partial charge is 0.0431 e. The monoisotopic (exact) mass is 534 g/mol. The molecule has 0 bridgehead atoms. The predicted octanol–water partition coefficient (Wildman–Crippen LogP) is 12.1. The van der Waals surface area contributed by atoms with E-state index in [1.54, 1.807) is 0 Å². The van der Waals surface area contributed by atoms with Crippen LogP contribution in [0.25, 0.3) is 0 Å². The summed E-state index contributed by atoms with van der Waals surface area (Å²) in [5.74, 6) is 0. The minimum Gasteiger partial charge on any atom is -0.396 e. The maximum atomic E-state index is 8.78. The second-order valence-corrected chi connectivity index (χ2v) is 11.7. The van der Waals surface area contributed by atoms with E-state index in [2.05, 4.69) is 6.92 Å². The third-order valence-electron chi connectivity index (χ3n) is 8.01. The van der Waals surface area contributed by atoms with Crippen LogP contribution in [0, 0.1) is 0 Å².